The van der Waals surface area contributed by atoms with Gasteiger partial charge >= 0.3 is 6.09 Å². The largest absolute Gasteiger partial charge is 0.444 e. The lowest BCUT2D eigenvalue weighted by Gasteiger charge is -2.22. The van der Waals surface area contributed by atoms with E-state index in [9.17, 15) is 20.3 Å². The normalized spacial score (nSPS) is 18.2. The highest BCUT2D eigenvalue weighted by atomic mass is 16.6. The molecule has 1 amide bonds. The number of nitrogens with zero attached hydrogens (tertiary/aromatic N) is 1. The van der Waals surface area contributed by atoms with Crippen LogP contribution in [0.2, 0.25) is 0 Å². The lowest BCUT2D eigenvalue weighted by Crippen LogP contribution is -2.38. The summed E-state index contributed by atoms with van der Waals surface area (Å²) in [5, 5.41) is 32.1. The average Bonchev–Trinajstić information content (AvgIpc) is 3.31. The second kappa shape index (κ2) is 6.80. The van der Waals surface area contributed by atoms with Crippen LogP contribution in [0.25, 0.3) is 0 Å². The van der Waals surface area contributed by atoms with E-state index in [1.165, 1.54) is 0 Å². The van der Waals surface area contributed by atoms with Crippen LogP contribution in [0, 0.1) is 11.3 Å². The minimum atomic E-state index is -1.18. The van der Waals surface area contributed by atoms with Crippen LogP contribution in [0.4, 0.5) is 4.79 Å². The summed E-state index contributed by atoms with van der Waals surface area (Å²) < 4.78 is 5.08. The van der Waals surface area contributed by atoms with Crippen molar-refractivity contribution in [1.82, 2.24) is 5.32 Å². The number of carbonyl (C=O) groups excluding carboxylic acids is 1. The summed E-state index contributed by atoms with van der Waals surface area (Å²) in [7, 11) is 0. The van der Waals surface area contributed by atoms with Crippen molar-refractivity contribution in [3.63, 3.8) is 0 Å². The Hall–Kier alpha value is -2.10. The molecule has 0 radical (unpaired) electrons. The average molecular weight is 332 g/mol. The van der Waals surface area contributed by atoms with Crippen LogP contribution in [-0.2, 0) is 10.2 Å². The second-order valence-electron chi connectivity index (χ2n) is 7.21. The monoisotopic (exact) mass is 332 g/mol. The fourth-order valence-electron chi connectivity index (χ4n) is 2.45. The number of hydrogen-bond acceptors (Lipinski definition) is 5. The Morgan fingerprint density at radius 1 is 1.42 bits per heavy atom. The maximum absolute atomic E-state index is 11.6. The molecule has 6 nitrogen and oxygen atoms in total. The summed E-state index contributed by atoms with van der Waals surface area (Å²) in [5.74, 6) is 0. The lowest BCUT2D eigenvalue weighted by atomic mass is 9.93. The molecule has 1 fully saturated rings. The Morgan fingerprint density at radius 2 is 2.08 bits per heavy atom. The van der Waals surface area contributed by atoms with Gasteiger partial charge in [-0.25, -0.2) is 4.79 Å². The minimum absolute atomic E-state index is 0.135. The molecule has 3 N–H and O–H groups in total. The molecule has 2 unspecified atom stereocenters. The number of nitriles is 1. The summed E-state index contributed by atoms with van der Waals surface area (Å²) in [6.07, 6.45) is -1.36. The standard InChI is InChI=1S/C18H24N2O4/c1-17(2,3)24-16(23)20-10-14(21)15(22)12-5-4-6-13(9-12)18(11-19)7-8-18/h4-6,9,14-15,21-22H,7-8,10H2,1-3H3,(H,20,23). The zero-order valence-corrected chi connectivity index (χ0v) is 14.2. The third-order valence-electron chi connectivity index (χ3n) is 3.96. The third-order valence-corrected chi connectivity index (χ3v) is 3.96. The van der Waals surface area contributed by atoms with Crippen molar-refractivity contribution in [3.05, 3.63) is 35.4 Å². The molecule has 0 heterocycles. The molecule has 1 saturated carbocycles. The highest BCUT2D eigenvalue weighted by Gasteiger charge is 2.45. The first-order valence-corrected chi connectivity index (χ1v) is 8.01. The molecule has 0 saturated heterocycles. The van der Waals surface area contributed by atoms with Crippen molar-refractivity contribution in [2.24, 2.45) is 0 Å². The first-order chi connectivity index (χ1) is 11.2. The van der Waals surface area contributed by atoms with Crippen LogP contribution in [-0.4, -0.2) is 34.6 Å². The fraction of sp³-hybridized carbons (Fsp3) is 0.556. The van der Waals surface area contributed by atoms with E-state index in [1.54, 1.807) is 39.0 Å². The SMILES string of the molecule is CC(C)(C)OC(=O)NCC(O)C(O)c1cccc(C2(C#N)CC2)c1. The van der Waals surface area contributed by atoms with Gasteiger partial charge in [-0.1, -0.05) is 24.3 Å². The Morgan fingerprint density at radius 3 is 2.62 bits per heavy atom. The van der Waals surface area contributed by atoms with Gasteiger partial charge in [0.05, 0.1) is 11.5 Å². The van der Waals surface area contributed by atoms with Crippen molar-refractivity contribution in [2.75, 3.05) is 6.54 Å². The summed E-state index contributed by atoms with van der Waals surface area (Å²) in [5.41, 5.74) is 0.300. The van der Waals surface area contributed by atoms with Gasteiger partial charge in [-0.05, 0) is 44.7 Å². The van der Waals surface area contributed by atoms with E-state index in [1.807, 2.05) is 6.07 Å². The third kappa shape index (κ3) is 4.47. The maximum atomic E-state index is 11.6. The Kier molecular flexibility index (Phi) is 5.16. The van der Waals surface area contributed by atoms with Crippen LogP contribution >= 0.6 is 0 Å². The predicted molar refractivity (Wildman–Crippen MR) is 88.2 cm³/mol. The van der Waals surface area contributed by atoms with Crippen LogP contribution in [0.15, 0.2) is 24.3 Å². The number of hydrogen-bond donors (Lipinski definition) is 3. The maximum Gasteiger partial charge on any atom is 0.407 e. The van der Waals surface area contributed by atoms with Gasteiger partial charge in [-0.2, -0.15) is 5.26 Å². The molecule has 6 heteroatoms. The molecule has 1 aromatic carbocycles. The fourth-order valence-corrected chi connectivity index (χ4v) is 2.45. The van der Waals surface area contributed by atoms with Gasteiger partial charge in [0.25, 0.3) is 0 Å². The van der Waals surface area contributed by atoms with E-state index in [0.717, 1.165) is 18.4 Å². The molecule has 1 aliphatic rings. The number of alkyl carbamates (subject to hydrolysis) is 1. The zero-order valence-electron chi connectivity index (χ0n) is 14.2. The molecule has 0 bridgehead atoms. The first-order valence-electron chi connectivity index (χ1n) is 8.01. The molecule has 2 atom stereocenters. The van der Waals surface area contributed by atoms with Gasteiger partial charge in [-0.3, -0.25) is 0 Å². The highest BCUT2D eigenvalue weighted by molar-refractivity contribution is 5.67. The number of rotatable bonds is 5. The van der Waals surface area contributed by atoms with Crippen LogP contribution in [0.5, 0.6) is 0 Å². The highest BCUT2D eigenvalue weighted by Crippen LogP contribution is 2.47. The van der Waals surface area contributed by atoms with E-state index in [-0.39, 0.29) is 6.54 Å². The number of ether oxygens (including phenoxy) is 1. The van der Waals surface area contributed by atoms with E-state index >= 15 is 0 Å². The summed E-state index contributed by atoms with van der Waals surface area (Å²) in [4.78, 5) is 11.6. The van der Waals surface area contributed by atoms with Crippen molar-refractivity contribution < 1.29 is 19.7 Å². The van der Waals surface area contributed by atoms with Gasteiger partial charge < -0.3 is 20.3 Å². The van der Waals surface area contributed by atoms with E-state index in [4.69, 9.17) is 4.74 Å². The van der Waals surface area contributed by atoms with Gasteiger partial charge in [0, 0.05) is 6.54 Å². The number of nitrogens with one attached hydrogen (secondary N) is 1. The number of aliphatic hydroxyl groups excluding tert-OH is 2. The number of carbonyl (C=O) groups is 1. The molecule has 130 valence electrons. The van der Waals surface area contributed by atoms with E-state index < -0.39 is 29.3 Å². The first kappa shape index (κ1) is 18.2. The molecular weight excluding hydrogens is 308 g/mol. The molecule has 2 rings (SSSR count). The van der Waals surface area contributed by atoms with Crippen molar-refractivity contribution in [2.45, 2.75) is 56.8 Å². The lowest BCUT2D eigenvalue weighted by molar-refractivity contribution is 0.0129. The smallest absolute Gasteiger partial charge is 0.407 e. The number of amides is 1. The molecule has 1 aromatic rings. The van der Waals surface area contributed by atoms with Gasteiger partial charge in [0.15, 0.2) is 0 Å². The summed E-state index contributed by atoms with van der Waals surface area (Å²) >= 11 is 0. The van der Waals surface area contributed by atoms with Crippen molar-refractivity contribution in [1.29, 1.82) is 5.26 Å². The van der Waals surface area contributed by atoms with E-state index in [2.05, 4.69) is 11.4 Å². The van der Waals surface area contributed by atoms with Crippen LogP contribution in [0.3, 0.4) is 0 Å². The van der Waals surface area contributed by atoms with Crippen LogP contribution in [0.1, 0.15) is 50.8 Å². The van der Waals surface area contributed by atoms with E-state index in [0.29, 0.717) is 5.56 Å². The molecule has 1 aliphatic carbocycles. The Balaban J connectivity index is 1.96. The quantitative estimate of drug-likeness (QED) is 0.767. The zero-order chi connectivity index (χ0) is 18.0. The molecular formula is C18H24N2O4. The number of benzene rings is 1. The van der Waals surface area contributed by atoms with Crippen molar-refractivity contribution in [3.8, 4) is 6.07 Å². The molecule has 24 heavy (non-hydrogen) atoms. The molecule has 0 aliphatic heterocycles. The Labute approximate surface area is 142 Å². The molecule has 0 spiro atoms. The van der Waals surface area contributed by atoms with Gasteiger partial charge in [-0.15, -0.1) is 0 Å². The topological polar surface area (TPSA) is 103 Å². The number of aliphatic hydroxyl groups is 2. The van der Waals surface area contributed by atoms with Crippen LogP contribution < -0.4 is 5.32 Å². The summed E-state index contributed by atoms with van der Waals surface area (Å²) in [6, 6.07) is 9.37. The predicted octanol–water partition coefficient (Wildman–Crippen LogP) is 2.16. The summed E-state index contributed by atoms with van der Waals surface area (Å²) in [6.45, 7) is 5.09. The minimum Gasteiger partial charge on any atom is -0.444 e. The van der Waals surface area contributed by atoms with Gasteiger partial charge in [0.2, 0.25) is 0 Å². The molecule has 0 aromatic heterocycles. The second-order valence-corrected chi connectivity index (χ2v) is 7.21. The van der Waals surface area contributed by atoms with Crippen molar-refractivity contribution >= 4 is 6.09 Å². The van der Waals surface area contributed by atoms with Gasteiger partial charge in [0.1, 0.15) is 17.8 Å². The Bertz CT molecular complexity index is 641.